The van der Waals surface area contributed by atoms with E-state index >= 15 is 0 Å². The molecule has 3 heteroatoms. The van der Waals surface area contributed by atoms with E-state index in [1.807, 2.05) is 24.3 Å². The van der Waals surface area contributed by atoms with Crippen LogP contribution in [-0.2, 0) is 6.42 Å². The summed E-state index contributed by atoms with van der Waals surface area (Å²) >= 11 is 0. The molecule has 2 unspecified atom stereocenters. The second-order valence-corrected chi connectivity index (χ2v) is 5.04. The van der Waals surface area contributed by atoms with Gasteiger partial charge in [-0.1, -0.05) is 19.1 Å². The largest absolute Gasteiger partial charge is 0.441 e. The summed E-state index contributed by atoms with van der Waals surface area (Å²) in [5.74, 6) is 1.70. The lowest BCUT2D eigenvalue weighted by Gasteiger charge is -2.16. The van der Waals surface area contributed by atoms with Gasteiger partial charge in [-0.25, -0.2) is 4.98 Å². The van der Waals surface area contributed by atoms with E-state index in [1.165, 1.54) is 12.8 Å². The van der Waals surface area contributed by atoms with E-state index in [4.69, 9.17) is 4.42 Å². The fourth-order valence-corrected chi connectivity index (χ4v) is 2.31. The second kappa shape index (κ2) is 4.15. The number of benzene rings is 1. The smallest absolute Gasteiger partial charge is 0.198 e. The van der Waals surface area contributed by atoms with Crippen molar-refractivity contribution in [3.8, 4) is 0 Å². The quantitative estimate of drug-likeness (QED) is 0.880. The Morgan fingerprint density at radius 3 is 2.88 bits per heavy atom. The lowest BCUT2D eigenvalue weighted by Crippen LogP contribution is -2.22. The molecule has 1 aliphatic carbocycles. The van der Waals surface area contributed by atoms with Gasteiger partial charge < -0.3 is 9.52 Å². The highest BCUT2D eigenvalue weighted by atomic mass is 16.4. The van der Waals surface area contributed by atoms with Gasteiger partial charge in [0.15, 0.2) is 11.5 Å². The van der Waals surface area contributed by atoms with Crippen LogP contribution in [0.15, 0.2) is 28.7 Å². The number of aromatic nitrogens is 1. The van der Waals surface area contributed by atoms with Gasteiger partial charge in [-0.15, -0.1) is 0 Å². The molecule has 2 atom stereocenters. The van der Waals surface area contributed by atoms with Crippen molar-refractivity contribution in [3.63, 3.8) is 0 Å². The molecule has 0 amide bonds. The van der Waals surface area contributed by atoms with Crippen LogP contribution < -0.4 is 0 Å². The molecule has 1 aromatic heterocycles. The first kappa shape index (κ1) is 10.8. The summed E-state index contributed by atoms with van der Waals surface area (Å²) in [5.41, 5.74) is 1.67. The molecule has 1 heterocycles. The van der Waals surface area contributed by atoms with E-state index in [2.05, 4.69) is 11.9 Å². The molecule has 90 valence electrons. The number of hydrogen-bond acceptors (Lipinski definition) is 3. The number of oxazole rings is 1. The zero-order valence-electron chi connectivity index (χ0n) is 9.97. The highest BCUT2D eigenvalue weighted by Gasteiger charge is 2.33. The highest BCUT2D eigenvalue weighted by Crippen LogP contribution is 2.38. The summed E-state index contributed by atoms with van der Waals surface area (Å²) in [4.78, 5) is 4.39. The number of aliphatic hydroxyl groups is 1. The van der Waals surface area contributed by atoms with Gasteiger partial charge in [0.25, 0.3) is 0 Å². The first-order chi connectivity index (χ1) is 8.24. The molecule has 1 N–H and O–H groups in total. The van der Waals surface area contributed by atoms with Crippen molar-refractivity contribution >= 4 is 11.1 Å². The third kappa shape index (κ3) is 2.20. The lowest BCUT2D eigenvalue weighted by atomic mass is 9.97. The maximum atomic E-state index is 10.1. The predicted molar refractivity (Wildman–Crippen MR) is 65.6 cm³/mol. The molecule has 1 fully saturated rings. The highest BCUT2D eigenvalue weighted by molar-refractivity contribution is 5.72. The van der Waals surface area contributed by atoms with Gasteiger partial charge in [0, 0.05) is 0 Å². The Morgan fingerprint density at radius 1 is 1.41 bits per heavy atom. The second-order valence-electron chi connectivity index (χ2n) is 5.04. The summed E-state index contributed by atoms with van der Waals surface area (Å²) in [5, 5.41) is 10.1. The van der Waals surface area contributed by atoms with E-state index < -0.39 is 0 Å². The number of fused-ring (bicyclic) bond motifs is 1. The van der Waals surface area contributed by atoms with Crippen LogP contribution in [0.2, 0.25) is 0 Å². The first-order valence-corrected chi connectivity index (χ1v) is 6.26. The third-order valence-electron chi connectivity index (χ3n) is 3.69. The Labute approximate surface area is 100 Å². The maximum absolute atomic E-state index is 10.1. The molecule has 0 saturated heterocycles. The van der Waals surface area contributed by atoms with Crippen LogP contribution in [0.3, 0.4) is 0 Å². The molecule has 1 saturated carbocycles. The summed E-state index contributed by atoms with van der Waals surface area (Å²) < 4.78 is 5.62. The van der Waals surface area contributed by atoms with E-state index in [1.54, 1.807) is 0 Å². The first-order valence-electron chi connectivity index (χ1n) is 6.26. The van der Waals surface area contributed by atoms with Gasteiger partial charge in [-0.2, -0.15) is 0 Å². The third-order valence-corrected chi connectivity index (χ3v) is 3.69. The number of rotatable bonds is 4. The molecule has 0 aliphatic heterocycles. The van der Waals surface area contributed by atoms with Crippen molar-refractivity contribution in [2.45, 2.75) is 32.3 Å². The van der Waals surface area contributed by atoms with Crippen molar-refractivity contribution in [2.75, 3.05) is 0 Å². The van der Waals surface area contributed by atoms with Crippen molar-refractivity contribution in [3.05, 3.63) is 30.2 Å². The Morgan fingerprint density at radius 2 is 2.18 bits per heavy atom. The predicted octanol–water partition coefficient (Wildman–Crippen LogP) is 2.78. The van der Waals surface area contributed by atoms with Gasteiger partial charge in [0.2, 0.25) is 0 Å². The topological polar surface area (TPSA) is 46.3 Å². The van der Waals surface area contributed by atoms with Gasteiger partial charge in [-0.05, 0) is 36.8 Å². The molecular weight excluding hydrogens is 214 g/mol. The standard InChI is InChI=1S/C14H17NO2/c1-9(10-6-7-10)12(16)8-14-15-11-4-2-3-5-13(11)17-14/h2-5,9-10,12,16H,6-8H2,1H3. The van der Waals surface area contributed by atoms with Crippen molar-refractivity contribution in [1.29, 1.82) is 0 Å². The molecular formula is C14H17NO2. The Kier molecular flexibility index (Phi) is 2.63. The Balaban J connectivity index is 1.75. The molecule has 0 bridgehead atoms. The molecule has 2 aromatic rings. The van der Waals surface area contributed by atoms with Crippen LogP contribution in [0.5, 0.6) is 0 Å². The van der Waals surface area contributed by atoms with Crippen molar-refractivity contribution in [2.24, 2.45) is 11.8 Å². The molecule has 17 heavy (non-hydrogen) atoms. The fourth-order valence-electron chi connectivity index (χ4n) is 2.31. The van der Waals surface area contributed by atoms with Crippen molar-refractivity contribution in [1.82, 2.24) is 4.98 Å². The molecule has 3 nitrogen and oxygen atoms in total. The molecule has 0 spiro atoms. The van der Waals surface area contributed by atoms with E-state index in [9.17, 15) is 5.11 Å². The summed E-state index contributed by atoms with van der Waals surface area (Å²) in [6.07, 6.45) is 2.69. The van der Waals surface area contributed by atoms with Crippen LogP contribution in [0.4, 0.5) is 0 Å². The zero-order chi connectivity index (χ0) is 11.8. The van der Waals surface area contributed by atoms with Gasteiger partial charge in [0.1, 0.15) is 5.52 Å². The molecule has 3 rings (SSSR count). The number of para-hydroxylation sites is 2. The van der Waals surface area contributed by atoms with E-state index in [-0.39, 0.29) is 6.10 Å². The summed E-state index contributed by atoms with van der Waals surface area (Å²) in [6, 6.07) is 7.71. The fraction of sp³-hybridized carbons (Fsp3) is 0.500. The van der Waals surface area contributed by atoms with Crippen LogP contribution in [0.25, 0.3) is 11.1 Å². The SMILES string of the molecule is CC(C(O)Cc1nc2ccccc2o1)C1CC1. The number of hydrogen-bond donors (Lipinski definition) is 1. The Hall–Kier alpha value is -1.35. The monoisotopic (exact) mass is 231 g/mol. The van der Waals surface area contributed by atoms with Crippen LogP contribution >= 0.6 is 0 Å². The number of aliphatic hydroxyl groups excluding tert-OH is 1. The Bertz CT molecular complexity index is 483. The average Bonchev–Trinajstić information content (AvgIpc) is 3.08. The maximum Gasteiger partial charge on any atom is 0.198 e. The minimum atomic E-state index is -0.337. The molecule has 0 radical (unpaired) electrons. The van der Waals surface area contributed by atoms with Crippen LogP contribution in [0.1, 0.15) is 25.7 Å². The van der Waals surface area contributed by atoms with Gasteiger partial charge >= 0.3 is 0 Å². The van der Waals surface area contributed by atoms with Crippen LogP contribution in [-0.4, -0.2) is 16.2 Å². The van der Waals surface area contributed by atoms with Crippen molar-refractivity contribution < 1.29 is 9.52 Å². The number of nitrogens with zero attached hydrogens (tertiary/aromatic N) is 1. The van der Waals surface area contributed by atoms with Crippen LogP contribution in [0, 0.1) is 11.8 Å². The van der Waals surface area contributed by atoms with Gasteiger partial charge in [-0.3, -0.25) is 0 Å². The average molecular weight is 231 g/mol. The van der Waals surface area contributed by atoms with E-state index in [0.717, 1.165) is 11.1 Å². The molecule has 1 aromatic carbocycles. The lowest BCUT2D eigenvalue weighted by molar-refractivity contribution is 0.0990. The molecule has 1 aliphatic rings. The summed E-state index contributed by atoms with van der Waals surface area (Å²) in [6.45, 7) is 2.12. The minimum absolute atomic E-state index is 0.337. The minimum Gasteiger partial charge on any atom is -0.441 e. The zero-order valence-corrected chi connectivity index (χ0v) is 9.97. The normalized spacial score (nSPS) is 19.4. The summed E-state index contributed by atoms with van der Waals surface area (Å²) in [7, 11) is 0. The van der Waals surface area contributed by atoms with E-state index in [0.29, 0.717) is 24.1 Å². The van der Waals surface area contributed by atoms with Gasteiger partial charge in [0.05, 0.1) is 12.5 Å².